The fourth-order valence-electron chi connectivity index (χ4n) is 3.59. The number of carbonyl (C=O) groups excluding carboxylic acids is 1. The van der Waals surface area contributed by atoms with Gasteiger partial charge in [-0.2, -0.15) is 0 Å². The highest BCUT2D eigenvalue weighted by atomic mass is 16.5. The molecule has 2 fully saturated rings. The molecule has 0 bridgehead atoms. The van der Waals surface area contributed by atoms with Crippen molar-refractivity contribution in [1.82, 2.24) is 14.7 Å². The number of piperidine rings is 1. The van der Waals surface area contributed by atoms with Crippen molar-refractivity contribution in [3.05, 3.63) is 0 Å². The first-order valence-electron chi connectivity index (χ1n) is 9.49. The number of ether oxygens (including phenoxy) is 1. The molecule has 134 valence electrons. The van der Waals surface area contributed by atoms with Crippen molar-refractivity contribution in [2.24, 2.45) is 0 Å². The van der Waals surface area contributed by atoms with Crippen LogP contribution in [0, 0.1) is 0 Å². The summed E-state index contributed by atoms with van der Waals surface area (Å²) in [6, 6.07) is 0.749. The average molecular weight is 325 g/mol. The molecule has 0 saturated carbocycles. The predicted octanol–water partition coefficient (Wildman–Crippen LogP) is 1.82. The minimum absolute atomic E-state index is 0.0470. The molecule has 0 atom stereocenters. The molecule has 0 N–H and O–H groups in total. The van der Waals surface area contributed by atoms with E-state index in [2.05, 4.69) is 28.7 Å². The summed E-state index contributed by atoms with van der Waals surface area (Å²) in [5.41, 5.74) is 0. The van der Waals surface area contributed by atoms with Crippen molar-refractivity contribution in [2.45, 2.75) is 51.5 Å². The van der Waals surface area contributed by atoms with Gasteiger partial charge in [0.2, 0.25) is 0 Å². The van der Waals surface area contributed by atoms with Crippen LogP contribution in [-0.2, 0) is 9.53 Å². The van der Waals surface area contributed by atoms with E-state index in [0.29, 0.717) is 13.2 Å². The predicted molar refractivity (Wildman–Crippen MR) is 93.6 cm³/mol. The largest absolute Gasteiger partial charge is 0.465 e. The molecule has 0 aliphatic carbocycles. The normalized spacial score (nSPS) is 22.3. The Labute approximate surface area is 141 Å². The molecule has 2 saturated heterocycles. The summed E-state index contributed by atoms with van der Waals surface area (Å²) < 4.78 is 5.35. The number of rotatable bonds is 8. The van der Waals surface area contributed by atoms with Crippen molar-refractivity contribution in [3.8, 4) is 0 Å². The van der Waals surface area contributed by atoms with Gasteiger partial charge in [-0.3, -0.25) is 14.6 Å². The Bertz CT molecular complexity index is 335. The molecule has 0 aromatic rings. The number of hydrogen-bond donors (Lipinski definition) is 0. The summed E-state index contributed by atoms with van der Waals surface area (Å²) in [4.78, 5) is 19.2. The number of piperazine rings is 1. The van der Waals surface area contributed by atoms with Gasteiger partial charge in [0.25, 0.3) is 0 Å². The second kappa shape index (κ2) is 10.3. The van der Waals surface area contributed by atoms with Crippen LogP contribution in [0.3, 0.4) is 0 Å². The summed E-state index contributed by atoms with van der Waals surface area (Å²) in [6.45, 7) is 9.87. The van der Waals surface area contributed by atoms with Crippen LogP contribution in [0.4, 0.5) is 0 Å². The fraction of sp³-hybridized carbons (Fsp3) is 0.944. The van der Waals surface area contributed by atoms with E-state index >= 15 is 0 Å². The van der Waals surface area contributed by atoms with Crippen molar-refractivity contribution in [1.29, 1.82) is 0 Å². The maximum Gasteiger partial charge on any atom is 0.320 e. The van der Waals surface area contributed by atoms with Crippen LogP contribution in [0.1, 0.15) is 45.4 Å². The molecule has 0 spiro atoms. The topological polar surface area (TPSA) is 36.0 Å². The number of likely N-dealkylation sites (tertiary alicyclic amines) is 1. The second-order valence-electron chi connectivity index (χ2n) is 7.13. The van der Waals surface area contributed by atoms with Gasteiger partial charge in [-0.15, -0.1) is 0 Å². The monoisotopic (exact) mass is 325 g/mol. The van der Waals surface area contributed by atoms with Gasteiger partial charge >= 0.3 is 5.97 Å². The molecule has 0 aromatic carbocycles. The molecule has 0 aromatic heterocycles. The third-order valence-electron chi connectivity index (χ3n) is 5.23. The maximum absolute atomic E-state index is 11.9. The second-order valence-corrected chi connectivity index (χ2v) is 7.13. The first-order valence-corrected chi connectivity index (χ1v) is 9.49. The molecular weight excluding hydrogens is 290 g/mol. The van der Waals surface area contributed by atoms with Crippen LogP contribution in [0.2, 0.25) is 0 Å². The Morgan fingerprint density at radius 2 is 1.70 bits per heavy atom. The summed E-state index contributed by atoms with van der Waals surface area (Å²) in [6.07, 6.45) is 7.20. The molecule has 0 amide bonds. The molecule has 5 nitrogen and oxygen atoms in total. The molecular formula is C18H35N3O2. The zero-order valence-corrected chi connectivity index (χ0v) is 15.1. The van der Waals surface area contributed by atoms with Crippen molar-refractivity contribution in [2.75, 3.05) is 59.5 Å². The van der Waals surface area contributed by atoms with Gasteiger partial charge in [-0.1, -0.05) is 26.2 Å². The van der Waals surface area contributed by atoms with Crippen LogP contribution in [-0.4, -0.2) is 86.2 Å². The summed E-state index contributed by atoms with van der Waals surface area (Å²) in [5, 5.41) is 0. The number of nitrogens with zero attached hydrogens (tertiary/aromatic N) is 3. The minimum Gasteiger partial charge on any atom is -0.465 e. The molecule has 2 rings (SSSR count). The van der Waals surface area contributed by atoms with Crippen LogP contribution in [0.25, 0.3) is 0 Å². The van der Waals surface area contributed by atoms with E-state index in [1.165, 1.54) is 45.2 Å². The lowest BCUT2D eigenvalue weighted by atomic mass is 10.0. The molecule has 23 heavy (non-hydrogen) atoms. The Balaban J connectivity index is 1.56. The Morgan fingerprint density at radius 3 is 2.35 bits per heavy atom. The average Bonchev–Trinajstić information content (AvgIpc) is 2.56. The van der Waals surface area contributed by atoms with Gasteiger partial charge in [0.05, 0.1) is 13.2 Å². The molecule has 0 radical (unpaired) electrons. The van der Waals surface area contributed by atoms with E-state index in [1.54, 1.807) is 0 Å². The molecule has 2 heterocycles. The van der Waals surface area contributed by atoms with Gasteiger partial charge in [0.15, 0.2) is 0 Å². The Hall–Kier alpha value is -0.650. The van der Waals surface area contributed by atoms with E-state index in [1.807, 2.05) is 0 Å². The van der Waals surface area contributed by atoms with E-state index in [-0.39, 0.29) is 5.97 Å². The molecule has 5 heteroatoms. The SMILES string of the molecule is CCCCCCOC(=O)CN1CCN(C2CCN(C)CC2)CC1. The summed E-state index contributed by atoms with van der Waals surface area (Å²) in [5.74, 6) is -0.0470. The minimum atomic E-state index is -0.0470. The van der Waals surface area contributed by atoms with Gasteiger partial charge in [0.1, 0.15) is 0 Å². The number of unbranched alkanes of at least 4 members (excludes halogenated alkanes) is 3. The first-order chi connectivity index (χ1) is 11.2. The smallest absolute Gasteiger partial charge is 0.320 e. The lowest BCUT2D eigenvalue weighted by molar-refractivity contribution is -0.145. The van der Waals surface area contributed by atoms with E-state index in [4.69, 9.17) is 4.74 Å². The number of hydrogen-bond acceptors (Lipinski definition) is 5. The summed E-state index contributed by atoms with van der Waals surface area (Å²) >= 11 is 0. The van der Waals surface area contributed by atoms with E-state index < -0.39 is 0 Å². The quantitative estimate of drug-likeness (QED) is 0.502. The zero-order valence-electron chi connectivity index (χ0n) is 15.1. The third-order valence-corrected chi connectivity index (χ3v) is 5.23. The number of esters is 1. The van der Waals surface area contributed by atoms with Crippen LogP contribution >= 0.6 is 0 Å². The Kier molecular flexibility index (Phi) is 8.34. The van der Waals surface area contributed by atoms with Crippen molar-refractivity contribution >= 4 is 5.97 Å². The first kappa shape index (κ1) is 18.7. The number of carbonyl (C=O) groups is 1. The highest BCUT2D eigenvalue weighted by Gasteiger charge is 2.27. The molecule has 2 aliphatic heterocycles. The van der Waals surface area contributed by atoms with E-state index in [0.717, 1.165) is 38.6 Å². The van der Waals surface area contributed by atoms with Crippen molar-refractivity contribution < 1.29 is 9.53 Å². The van der Waals surface area contributed by atoms with Gasteiger partial charge in [0, 0.05) is 32.2 Å². The highest BCUT2D eigenvalue weighted by Crippen LogP contribution is 2.17. The summed E-state index contributed by atoms with van der Waals surface area (Å²) in [7, 11) is 2.21. The molecule has 0 unspecified atom stereocenters. The standard InChI is InChI=1S/C18H35N3O2/c1-3-4-5-6-15-23-18(22)16-20-11-13-21(14-12-20)17-7-9-19(2)10-8-17/h17H,3-16H2,1-2H3. The van der Waals surface area contributed by atoms with Crippen molar-refractivity contribution in [3.63, 3.8) is 0 Å². The highest BCUT2D eigenvalue weighted by molar-refractivity contribution is 5.71. The van der Waals surface area contributed by atoms with Crippen LogP contribution in [0.15, 0.2) is 0 Å². The lowest BCUT2D eigenvalue weighted by Crippen LogP contribution is -2.53. The maximum atomic E-state index is 11.9. The third kappa shape index (κ3) is 6.77. The van der Waals surface area contributed by atoms with E-state index in [9.17, 15) is 4.79 Å². The van der Waals surface area contributed by atoms with Crippen LogP contribution < -0.4 is 0 Å². The molecule has 2 aliphatic rings. The lowest BCUT2D eigenvalue weighted by Gasteiger charge is -2.42. The van der Waals surface area contributed by atoms with Crippen LogP contribution in [0.5, 0.6) is 0 Å². The van der Waals surface area contributed by atoms with Gasteiger partial charge in [-0.05, 0) is 39.4 Å². The Morgan fingerprint density at radius 1 is 1.00 bits per heavy atom. The zero-order chi connectivity index (χ0) is 16.5. The fourth-order valence-corrected chi connectivity index (χ4v) is 3.59. The van der Waals surface area contributed by atoms with Gasteiger partial charge in [-0.25, -0.2) is 0 Å². The van der Waals surface area contributed by atoms with Gasteiger partial charge < -0.3 is 9.64 Å².